The molecule has 0 aromatic carbocycles. The van der Waals surface area contributed by atoms with E-state index in [4.69, 9.17) is 0 Å². The van der Waals surface area contributed by atoms with Crippen LogP contribution in [0.1, 0.15) is 61.9 Å². The molecule has 9 heteroatoms. The average Bonchev–Trinajstić information content (AvgIpc) is 3.38. The Balaban J connectivity index is 1.49. The van der Waals surface area contributed by atoms with Gasteiger partial charge in [-0.2, -0.15) is 5.21 Å². The fourth-order valence-corrected chi connectivity index (χ4v) is 3.66. The molecule has 0 aliphatic heterocycles. The lowest BCUT2D eigenvalue weighted by molar-refractivity contribution is 0.289. The normalized spacial score (nSPS) is 16.6. The molecule has 3 aromatic rings. The van der Waals surface area contributed by atoms with Crippen LogP contribution in [0.3, 0.4) is 0 Å². The van der Waals surface area contributed by atoms with Crippen LogP contribution in [-0.2, 0) is 12.8 Å². The molecule has 0 radical (unpaired) electrons. The molecule has 0 saturated heterocycles. The van der Waals surface area contributed by atoms with E-state index in [9.17, 15) is 0 Å². The molecular weight excluding hydrogens is 330 g/mol. The summed E-state index contributed by atoms with van der Waals surface area (Å²) in [7, 11) is 0. The third kappa shape index (κ3) is 4.09. The van der Waals surface area contributed by atoms with E-state index in [2.05, 4.69) is 40.9 Å². The molecule has 1 fully saturated rings. The van der Waals surface area contributed by atoms with Crippen LogP contribution in [0.4, 0.5) is 0 Å². The Kier molecular flexibility index (Phi) is 5.22. The molecule has 0 bridgehead atoms. The number of rotatable bonds is 7. The molecule has 1 aliphatic carbocycles. The Bertz CT molecular complexity index is 778. The number of hydrogen-bond donors (Lipinski definition) is 1. The molecule has 1 unspecified atom stereocenters. The van der Waals surface area contributed by atoms with Gasteiger partial charge in [-0.05, 0) is 18.4 Å². The van der Waals surface area contributed by atoms with E-state index in [1.165, 1.54) is 32.1 Å². The van der Waals surface area contributed by atoms with E-state index in [0.29, 0.717) is 18.2 Å². The average molecular weight is 353 g/mol. The van der Waals surface area contributed by atoms with E-state index in [1.54, 1.807) is 12.4 Å². The molecule has 136 valence electrons. The van der Waals surface area contributed by atoms with Crippen molar-refractivity contribution in [1.29, 1.82) is 0 Å². The Labute approximate surface area is 151 Å². The van der Waals surface area contributed by atoms with Gasteiger partial charge in [-0.25, -0.2) is 14.6 Å². The van der Waals surface area contributed by atoms with Crippen molar-refractivity contribution in [3.8, 4) is 0 Å². The second-order valence-electron chi connectivity index (χ2n) is 6.88. The minimum Gasteiger partial charge on any atom is -0.242 e. The van der Waals surface area contributed by atoms with Crippen molar-refractivity contribution in [2.45, 2.75) is 57.4 Å². The van der Waals surface area contributed by atoms with Gasteiger partial charge in [0.25, 0.3) is 0 Å². The molecule has 1 N–H and O–H groups in total. The number of H-pyrrole nitrogens is 1. The van der Waals surface area contributed by atoms with Crippen molar-refractivity contribution in [1.82, 2.24) is 45.6 Å². The maximum absolute atomic E-state index is 4.48. The van der Waals surface area contributed by atoms with Crippen LogP contribution < -0.4 is 0 Å². The quantitative estimate of drug-likeness (QED) is 0.690. The number of nitrogens with zero attached hydrogens (tertiary/aromatic N) is 8. The highest BCUT2D eigenvalue weighted by molar-refractivity contribution is 5.03. The highest BCUT2D eigenvalue weighted by atomic mass is 15.5. The lowest BCUT2D eigenvalue weighted by Gasteiger charge is -2.25. The highest BCUT2D eigenvalue weighted by Crippen LogP contribution is 2.32. The van der Waals surface area contributed by atoms with E-state index in [-0.39, 0.29) is 6.04 Å². The topological polar surface area (TPSA) is 111 Å². The number of nitrogens with one attached hydrogen (secondary N) is 1. The van der Waals surface area contributed by atoms with Crippen LogP contribution in [0.25, 0.3) is 0 Å². The number of aryl methyl sites for hydroxylation is 2. The smallest absolute Gasteiger partial charge is 0.174 e. The van der Waals surface area contributed by atoms with Crippen LogP contribution in [-0.4, -0.2) is 45.6 Å². The van der Waals surface area contributed by atoms with Gasteiger partial charge in [0, 0.05) is 31.4 Å². The predicted octanol–water partition coefficient (Wildman–Crippen LogP) is 1.93. The fourth-order valence-electron chi connectivity index (χ4n) is 3.66. The van der Waals surface area contributed by atoms with Gasteiger partial charge in [-0.15, -0.1) is 15.3 Å². The Morgan fingerprint density at radius 3 is 2.69 bits per heavy atom. The van der Waals surface area contributed by atoms with E-state index < -0.39 is 0 Å². The van der Waals surface area contributed by atoms with Gasteiger partial charge in [0.2, 0.25) is 0 Å². The first-order chi connectivity index (χ1) is 12.9. The number of aromatic nitrogens is 9. The third-order valence-corrected chi connectivity index (χ3v) is 5.04. The molecule has 9 nitrogen and oxygen atoms in total. The third-order valence-electron chi connectivity index (χ3n) is 5.04. The summed E-state index contributed by atoms with van der Waals surface area (Å²) in [5.41, 5.74) is 0.916. The molecule has 0 amide bonds. The summed E-state index contributed by atoms with van der Waals surface area (Å²) in [6, 6.07) is 1.88. The SMILES string of the molecule is c1cnc(C(CC2CCCCC2)n2cc(CCc3nn[nH]n3)nn2)nc1. The van der Waals surface area contributed by atoms with Crippen LogP contribution in [0.5, 0.6) is 0 Å². The largest absolute Gasteiger partial charge is 0.242 e. The molecular formula is C17H23N9. The first kappa shape index (κ1) is 16.7. The monoisotopic (exact) mass is 353 g/mol. The van der Waals surface area contributed by atoms with Crippen molar-refractivity contribution < 1.29 is 0 Å². The van der Waals surface area contributed by atoms with Crippen LogP contribution >= 0.6 is 0 Å². The summed E-state index contributed by atoms with van der Waals surface area (Å²) in [6.07, 6.45) is 14.6. The second-order valence-corrected chi connectivity index (χ2v) is 6.88. The number of aromatic amines is 1. The summed E-state index contributed by atoms with van der Waals surface area (Å²) in [5, 5.41) is 22.7. The standard InChI is InChI=1S/C17H23N9/c1-2-5-13(6-3-1)11-15(17-18-9-4-10-19-17)26-12-14(20-25-26)7-8-16-21-23-24-22-16/h4,9-10,12-13,15H,1-3,5-8,11H2,(H,21,22,23,24). The van der Waals surface area contributed by atoms with Crippen LogP contribution in [0.15, 0.2) is 24.7 Å². The molecule has 26 heavy (non-hydrogen) atoms. The summed E-state index contributed by atoms with van der Waals surface area (Å²) >= 11 is 0. The van der Waals surface area contributed by atoms with E-state index in [0.717, 1.165) is 24.4 Å². The molecule has 1 aliphatic rings. The second kappa shape index (κ2) is 8.11. The van der Waals surface area contributed by atoms with Gasteiger partial charge in [-0.1, -0.05) is 42.5 Å². The van der Waals surface area contributed by atoms with Gasteiger partial charge in [-0.3, -0.25) is 0 Å². The Morgan fingerprint density at radius 1 is 1.08 bits per heavy atom. The van der Waals surface area contributed by atoms with Crippen LogP contribution in [0.2, 0.25) is 0 Å². The summed E-state index contributed by atoms with van der Waals surface area (Å²) in [4.78, 5) is 8.97. The fraction of sp³-hybridized carbons (Fsp3) is 0.588. The molecule has 3 heterocycles. The van der Waals surface area contributed by atoms with Crippen molar-refractivity contribution >= 4 is 0 Å². The van der Waals surface area contributed by atoms with Gasteiger partial charge >= 0.3 is 0 Å². The van der Waals surface area contributed by atoms with Crippen molar-refractivity contribution in [2.24, 2.45) is 5.92 Å². The minimum atomic E-state index is 0.0331. The van der Waals surface area contributed by atoms with Gasteiger partial charge in [0.15, 0.2) is 11.6 Å². The zero-order chi connectivity index (χ0) is 17.6. The maximum Gasteiger partial charge on any atom is 0.174 e. The lowest BCUT2D eigenvalue weighted by atomic mass is 9.84. The molecule has 1 saturated carbocycles. The van der Waals surface area contributed by atoms with Crippen molar-refractivity contribution in [3.05, 3.63) is 42.0 Å². The Hall–Kier alpha value is -2.71. The van der Waals surface area contributed by atoms with E-state index >= 15 is 0 Å². The predicted molar refractivity (Wildman–Crippen MR) is 93.0 cm³/mol. The highest BCUT2D eigenvalue weighted by Gasteiger charge is 2.24. The summed E-state index contributed by atoms with van der Waals surface area (Å²) in [5.74, 6) is 2.20. The van der Waals surface area contributed by atoms with Crippen LogP contribution in [0, 0.1) is 5.92 Å². The van der Waals surface area contributed by atoms with Crippen molar-refractivity contribution in [2.75, 3.05) is 0 Å². The van der Waals surface area contributed by atoms with Gasteiger partial charge < -0.3 is 0 Å². The lowest BCUT2D eigenvalue weighted by Crippen LogP contribution is -2.20. The first-order valence-electron chi connectivity index (χ1n) is 9.28. The van der Waals surface area contributed by atoms with Gasteiger partial charge in [0.1, 0.15) is 6.04 Å². The number of hydrogen-bond acceptors (Lipinski definition) is 7. The Morgan fingerprint density at radius 2 is 1.92 bits per heavy atom. The minimum absolute atomic E-state index is 0.0331. The number of tetrazole rings is 1. The molecule has 0 spiro atoms. The summed E-state index contributed by atoms with van der Waals surface area (Å²) < 4.78 is 1.93. The zero-order valence-corrected chi connectivity index (χ0v) is 14.7. The maximum atomic E-state index is 4.48. The van der Waals surface area contributed by atoms with Gasteiger partial charge in [0.05, 0.1) is 5.69 Å². The molecule has 4 rings (SSSR count). The van der Waals surface area contributed by atoms with Crippen molar-refractivity contribution in [3.63, 3.8) is 0 Å². The molecule has 1 atom stereocenters. The summed E-state index contributed by atoms with van der Waals surface area (Å²) in [6.45, 7) is 0. The zero-order valence-electron chi connectivity index (χ0n) is 14.7. The van der Waals surface area contributed by atoms with E-state index in [1.807, 2.05) is 16.9 Å². The first-order valence-corrected chi connectivity index (χ1v) is 9.28. The molecule has 3 aromatic heterocycles.